The number of hydrazone groups is 1. The van der Waals surface area contributed by atoms with Crippen LogP contribution in [0.4, 0.5) is 0 Å². The van der Waals surface area contributed by atoms with Gasteiger partial charge < -0.3 is 20.4 Å². The standard InChI is InChI=1S/C28H36N8O2/c29-28-27-23(20-6-7-21-13-35(32-24(21)10-20)12-19-4-2-1-3-5-19)11-25(36(27)31-17-30-28)26-15-34-9-8-33(18-37)14-22(34)16-38-26/h1-5,13,17-18,20,22,24-26,32H,6-12,14-16H2,(H2,29,30,31)/t20?,22?,24-,25?,26?/m1/s1. The number of nitrogens with one attached hydrogen (secondary N) is 1. The highest BCUT2D eigenvalue weighted by atomic mass is 16.5. The fourth-order valence-electron chi connectivity index (χ4n) is 7.15. The zero-order valence-electron chi connectivity index (χ0n) is 21.7. The van der Waals surface area contributed by atoms with Gasteiger partial charge in [0, 0.05) is 38.4 Å². The molecule has 5 atom stereocenters. The first kappa shape index (κ1) is 23.9. The number of hydrogen-bond acceptors (Lipinski definition) is 9. The monoisotopic (exact) mass is 516 g/mol. The van der Waals surface area contributed by atoms with Gasteiger partial charge in [-0.25, -0.2) is 10.4 Å². The molecule has 2 saturated heterocycles. The van der Waals surface area contributed by atoms with Crippen LogP contribution in [0.1, 0.15) is 31.2 Å². The molecule has 1 amide bonds. The fraction of sp³-hybridized carbons (Fsp3) is 0.536. The Balaban J connectivity index is 1.05. The van der Waals surface area contributed by atoms with Gasteiger partial charge in [0.2, 0.25) is 6.41 Å². The SMILES string of the molecule is NC1=NC=NN2C1=C(C1CCC3=CN(Cc4ccccc4)N[C@@H]3C1)CC2C1CN2CCN(C=O)CC2CO1. The lowest BCUT2D eigenvalue weighted by molar-refractivity contribution is -0.131. The summed E-state index contributed by atoms with van der Waals surface area (Å²) in [4.78, 5) is 20.0. The molecule has 0 bridgehead atoms. The highest BCUT2D eigenvalue weighted by Gasteiger charge is 2.46. The summed E-state index contributed by atoms with van der Waals surface area (Å²) in [5.74, 6) is 0.996. The number of carbonyl (C=O) groups is 1. The minimum Gasteiger partial charge on any atom is -0.382 e. The van der Waals surface area contributed by atoms with Crippen molar-refractivity contribution in [3.63, 3.8) is 0 Å². The Morgan fingerprint density at radius 3 is 2.95 bits per heavy atom. The highest BCUT2D eigenvalue weighted by Crippen LogP contribution is 2.44. The van der Waals surface area contributed by atoms with E-state index in [1.54, 1.807) is 6.34 Å². The number of hydrogen-bond donors (Lipinski definition) is 2. The van der Waals surface area contributed by atoms with Crippen LogP contribution in [0.2, 0.25) is 0 Å². The lowest BCUT2D eigenvalue weighted by Crippen LogP contribution is -2.62. The van der Waals surface area contributed by atoms with E-state index in [0.29, 0.717) is 24.4 Å². The number of carbonyl (C=O) groups excluding carboxylic acids is 1. The predicted octanol–water partition coefficient (Wildman–Crippen LogP) is 1.24. The second-order valence-electron chi connectivity index (χ2n) is 11.3. The van der Waals surface area contributed by atoms with Crippen LogP contribution in [0.3, 0.4) is 0 Å². The van der Waals surface area contributed by atoms with Gasteiger partial charge in [0.05, 0.1) is 31.3 Å². The van der Waals surface area contributed by atoms with E-state index in [4.69, 9.17) is 15.6 Å². The van der Waals surface area contributed by atoms with E-state index in [-0.39, 0.29) is 18.2 Å². The Labute approximate surface area is 223 Å². The number of hydrazine groups is 1. The number of benzene rings is 1. The molecule has 5 aliphatic heterocycles. The van der Waals surface area contributed by atoms with Gasteiger partial charge >= 0.3 is 0 Å². The van der Waals surface area contributed by atoms with Crippen molar-refractivity contribution in [2.45, 2.75) is 56.5 Å². The van der Waals surface area contributed by atoms with E-state index >= 15 is 0 Å². The summed E-state index contributed by atoms with van der Waals surface area (Å²) in [6.07, 6.45) is 9.02. The van der Waals surface area contributed by atoms with Crippen LogP contribution in [0.5, 0.6) is 0 Å². The first-order valence-corrected chi connectivity index (χ1v) is 13.9. The third kappa shape index (κ3) is 4.30. The maximum atomic E-state index is 11.3. The summed E-state index contributed by atoms with van der Waals surface area (Å²) in [5.41, 5.74) is 15.4. The second-order valence-corrected chi connectivity index (χ2v) is 11.3. The Hall–Kier alpha value is -3.21. The van der Waals surface area contributed by atoms with Crippen molar-refractivity contribution in [3.8, 4) is 0 Å². The first-order valence-electron chi connectivity index (χ1n) is 13.9. The topological polar surface area (TPSA) is 102 Å². The number of morpholine rings is 1. The Morgan fingerprint density at radius 2 is 2.08 bits per heavy atom. The molecule has 38 heavy (non-hydrogen) atoms. The molecular formula is C28H36N8O2. The van der Waals surface area contributed by atoms with E-state index in [2.05, 4.69) is 61.9 Å². The van der Waals surface area contributed by atoms with Crippen molar-refractivity contribution in [1.29, 1.82) is 0 Å². The van der Waals surface area contributed by atoms with Gasteiger partial charge in [-0.1, -0.05) is 30.3 Å². The van der Waals surface area contributed by atoms with Gasteiger partial charge in [-0.2, -0.15) is 5.10 Å². The summed E-state index contributed by atoms with van der Waals surface area (Å²) >= 11 is 0. The van der Waals surface area contributed by atoms with Gasteiger partial charge in [-0.05, 0) is 48.3 Å². The number of amides is 1. The van der Waals surface area contributed by atoms with Crippen LogP contribution < -0.4 is 11.2 Å². The maximum absolute atomic E-state index is 11.3. The maximum Gasteiger partial charge on any atom is 0.209 e. The summed E-state index contributed by atoms with van der Waals surface area (Å²) in [7, 11) is 0. The smallest absolute Gasteiger partial charge is 0.209 e. The van der Waals surface area contributed by atoms with E-state index in [1.165, 1.54) is 16.7 Å². The van der Waals surface area contributed by atoms with Crippen LogP contribution in [0.25, 0.3) is 0 Å². The summed E-state index contributed by atoms with van der Waals surface area (Å²) in [6, 6.07) is 11.3. The van der Waals surface area contributed by atoms with Crippen molar-refractivity contribution >= 4 is 18.6 Å². The molecule has 7 rings (SSSR count). The number of rotatable bonds is 5. The molecule has 0 spiro atoms. The molecule has 3 N–H and O–H groups in total. The number of amidine groups is 1. The Bertz CT molecular complexity index is 1200. The molecule has 5 heterocycles. The van der Waals surface area contributed by atoms with Crippen molar-refractivity contribution < 1.29 is 9.53 Å². The fourth-order valence-corrected chi connectivity index (χ4v) is 7.15. The molecule has 10 heteroatoms. The van der Waals surface area contributed by atoms with Crippen molar-refractivity contribution in [2.24, 2.45) is 21.7 Å². The predicted molar refractivity (Wildman–Crippen MR) is 144 cm³/mol. The Morgan fingerprint density at radius 1 is 1.18 bits per heavy atom. The summed E-state index contributed by atoms with van der Waals surface area (Å²) < 4.78 is 6.45. The first-order chi connectivity index (χ1) is 18.7. The van der Waals surface area contributed by atoms with E-state index in [9.17, 15) is 4.79 Å². The molecule has 0 radical (unpaired) electrons. The quantitative estimate of drug-likeness (QED) is 0.568. The van der Waals surface area contributed by atoms with Crippen LogP contribution in [0, 0.1) is 5.92 Å². The van der Waals surface area contributed by atoms with Crippen molar-refractivity contribution in [2.75, 3.05) is 32.8 Å². The lowest BCUT2D eigenvalue weighted by Gasteiger charge is -2.47. The third-order valence-corrected chi connectivity index (χ3v) is 9.10. The summed E-state index contributed by atoms with van der Waals surface area (Å²) in [6.45, 7) is 4.76. The number of nitrogens with two attached hydrogens (primary N) is 1. The molecular weight excluding hydrogens is 480 g/mol. The number of fused-ring (bicyclic) bond motifs is 3. The molecule has 1 aliphatic carbocycles. The van der Waals surface area contributed by atoms with Crippen molar-refractivity contribution in [1.82, 2.24) is 25.2 Å². The lowest BCUT2D eigenvalue weighted by atomic mass is 9.77. The molecule has 0 aromatic heterocycles. The molecule has 1 aromatic carbocycles. The van der Waals surface area contributed by atoms with Gasteiger partial charge in [0.15, 0.2) is 5.84 Å². The Kier molecular flexibility index (Phi) is 6.18. The van der Waals surface area contributed by atoms with Gasteiger partial charge in [-0.3, -0.25) is 14.7 Å². The van der Waals surface area contributed by atoms with Gasteiger partial charge in [0.25, 0.3) is 0 Å². The molecule has 3 fully saturated rings. The van der Waals surface area contributed by atoms with Crippen LogP contribution in [-0.4, -0.2) is 95.4 Å². The molecule has 10 nitrogen and oxygen atoms in total. The van der Waals surface area contributed by atoms with E-state index in [0.717, 1.165) is 70.5 Å². The van der Waals surface area contributed by atoms with Crippen molar-refractivity contribution in [3.05, 3.63) is 58.9 Å². The molecule has 6 aliphatic rings. The van der Waals surface area contributed by atoms with E-state index in [1.807, 2.05) is 4.90 Å². The largest absolute Gasteiger partial charge is 0.382 e. The van der Waals surface area contributed by atoms with Crippen LogP contribution >= 0.6 is 0 Å². The van der Waals surface area contributed by atoms with Gasteiger partial charge in [-0.15, -0.1) is 0 Å². The van der Waals surface area contributed by atoms with Crippen LogP contribution in [0.15, 0.2) is 63.5 Å². The highest BCUT2D eigenvalue weighted by molar-refractivity contribution is 6.02. The van der Waals surface area contributed by atoms with E-state index < -0.39 is 0 Å². The number of aliphatic imine (C=N–C) groups is 1. The number of piperazine rings is 1. The zero-order valence-corrected chi connectivity index (χ0v) is 21.7. The molecule has 1 aromatic rings. The minimum absolute atomic E-state index is 0.0367. The number of ether oxygens (including phenoxy) is 1. The normalized spacial score (nSPS) is 33.1. The average molecular weight is 517 g/mol. The summed E-state index contributed by atoms with van der Waals surface area (Å²) in [5, 5.41) is 9.04. The molecule has 200 valence electrons. The minimum atomic E-state index is 0.0367. The van der Waals surface area contributed by atoms with Crippen LogP contribution in [-0.2, 0) is 16.1 Å². The molecule has 1 saturated carbocycles. The average Bonchev–Trinajstić information content (AvgIpc) is 3.54. The third-order valence-electron chi connectivity index (χ3n) is 9.10. The molecule has 4 unspecified atom stereocenters. The van der Waals surface area contributed by atoms with Gasteiger partial charge in [0.1, 0.15) is 12.0 Å². The zero-order chi connectivity index (χ0) is 25.6. The second kappa shape index (κ2) is 9.83. The number of nitrogens with zero attached hydrogens (tertiary/aromatic N) is 6.